The molecule has 0 bridgehead atoms. The molecule has 0 aliphatic carbocycles. The average Bonchev–Trinajstić information content (AvgIpc) is 2.36. The maximum absolute atomic E-state index is 12.1. The van der Waals surface area contributed by atoms with E-state index < -0.39 is 0 Å². The first-order valence-electron chi connectivity index (χ1n) is 6.06. The number of rotatable bonds is 4. The predicted molar refractivity (Wildman–Crippen MR) is 82.7 cm³/mol. The quantitative estimate of drug-likeness (QED) is 0.785. The summed E-state index contributed by atoms with van der Waals surface area (Å²) in [7, 11) is 0. The molecule has 2 rings (SSSR count). The summed E-state index contributed by atoms with van der Waals surface area (Å²) >= 11 is 9.60. The standard InChI is InChI=1S/C16H14BrClO/c1-11-6-7-13(16(18)8-11)10-14(19)9-12-4-2-3-5-15(12)17/h2-8H,9-10H2,1H3. The fraction of sp³-hybridized carbons (Fsp3) is 0.188. The monoisotopic (exact) mass is 336 g/mol. The van der Waals surface area contributed by atoms with Crippen LogP contribution in [-0.4, -0.2) is 5.78 Å². The third-order valence-electron chi connectivity index (χ3n) is 2.94. The van der Waals surface area contributed by atoms with Crippen LogP contribution in [0.3, 0.4) is 0 Å². The van der Waals surface area contributed by atoms with Gasteiger partial charge < -0.3 is 0 Å². The maximum atomic E-state index is 12.1. The first-order valence-corrected chi connectivity index (χ1v) is 7.23. The molecule has 0 aliphatic rings. The smallest absolute Gasteiger partial charge is 0.141 e. The van der Waals surface area contributed by atoms with Crippen molar-refractivity contribution >= 4 is 33.3 Å². The Morgan fingerprint density at radius 1 is 1.11 bits per heavy atom. The zero-order valence-corrected chi connectivity index (χ0v) is 13.0. The van der Waals surface area contributed by atoms with Gasteiger partial charge in [0, 0.05) is 22.3 Å². The molecule has 0 amide bonds. The van der Waals surface area contributed by atoms with Crippen LogP contribution in [0.4, 0.5) is 0 Å². The van der Waals surface area contributed by atoms with Gasteiger partial charge in [0.25, 0.3) is 0 Å². The molecule has 19 heavy (non-hydrogen) atoms. The number of carbonyl (C=O) groups is 1. The van der Waals surface area contributed by atoms with Gasteiger partial charge in [-0.1, -0.05) is 57.9 Å². The molecule has 2 aromatic rings. The van der Waals surface area contributed by atoms with Crippen LogP contribution in [0.15, 0.2) is 46.9 Å². The van der Waals surface area contributed by atoms with E-state index in [2.05, 4.69) is 15.9 Å². The molecule has 0 fully saturated rings. The van der Waals surface area contributed by atoms with Crippen LogP contribution in [0.2, 0.25) is 5.02 Å². The summed E-state index contributed by atoms with van der Waals surface area (Å²) in [5.74, 6) is 0.164. The second-order valence-corrected chi connectivity index (χ2v) is 5.84. The van der Waals surface area contributed by atoms with Crippen molar-refractivity contribution < 1.29 is 4.79 Å². The first-order chi connectivity index (χ1) is 9.06. The van der Waals surface area contributed by atoms with E-state index in [1.165, 1.54) is 0 Å². The van der Waals surface area contributed by atoms with Gasteiger partial charge in [0.05, 0.1) is 0 Å². The molecule has 98 valence electrons. The molecule has 0 spiro atoms. The van der Waals surface area contributed by atoms with Gasteiger partial charge in [-0.3, -0.25) is 4.79 Å². The van der Waals surface area contributed by atoms with Crippen molar-refractivity contribution in [3.63, 3.8) is 0 Å². The van der Waals surface area contributed by atoms with Crippen LogP contribution < -0.4 is 0 Å². The van der Waals surface area contributed by atoms with Crippen molar-refractivity contribution in [2.24, 2.45) is 0 Å². The van der Waals surface area contributed by atoms with E-state index in [4.69, 9.17) is 11.6 Å². The lowest BCUT2D eigenvalue weighted by molar-refractivity contribution is -0.117. The summed E-state index contributed by atoms with van der Waals surface area (Å²) in [5, 5.41) is 0.667. The summed E-state index contributed by atoms with van der Waals surface area (Å²) in [6, 6.07) is 13.6. The summed E-state index contributed by atoms with van der Waals surface area (Å²) in [4.78, 5) is 12.1. The number of aryl methyl sites for hydroxylation is 1. The molecule has 0 saturated carbocycles. The Morgan fingerprint density at radius 2 is 1.79 bits per heavy atom. The van der Waals surface area contributed by atoms with Crippen molar-refractivity contribution in [2.45, 2.75) is 19.8 Å². The van der Waals surface area contributed by atoms with E-state index in [0.717, 1.165) is 21.2 Å². The first kappa shape index (κ1) is 14.3. The minimum atomic E-state index is 0.164. The van der Waals surface area contributed by atoms with E-state index >= 15 is 0 Å². The highest BCUT2D eigenvalue weighted by Gasteiger charge is 2.10. The van der Waals surface area contributed by atoms with Gasteiger partial charge in [-0.15, -0.1) is 0 Å². The van der Waals surface area contributed by atoms with Crippen LogP contribution >= 0.6 is 27.5 Å². The summed E-state index contributed by atoms with van der Waals surface area (Å²) in [6.45, 7) is 1.98. The van der Waals surface area contributed by atoms with Crippen LogP contribution in [-0.2, 0) is 17.6 Å². The topological polar surface area (TPSA) is 17.1 Å². The number of carbonyl (C=O) groups excluding carboxylic acids is 1. The number of halogens is 2. The lowest BCUT2D eigenvalue weighted by atomic mass is 10.0. The van der Waals surface area contributed by atoms with E-state index in [9.17, 15) is 4.79 Å². The molecular weight excluding hydrogens is 324 g/mol. The van der Waals surface area contributed by atoms with Crippen LogP contribution in [0.5, 0.6) is 0 Å². The zero-order chi connectivity index (χ0) is 13.8. The van der Waals surface area contributed by atoms with E-state index in [1.807, 2.05) is 49.4 Å². The van der Waals surface area contributed by atoms with Crippen LogP contribution in [0.1, 0.15) is 16.7 Å². The van der Waals surface area contributed by atoms with Gasteiger partial charge in [0.2, 0.25) is 0 Å². The van der Waals surface area contributed by atoms with Gasteiger partial charge in [-0.25, -0.2) is 0 Å². The molecule has 0 aliphatic heterocycles. The van der Waals surface area contributed by atoms with Crippen molar-refractivity contribution in [2.75, 3.05) is 0 Å². The second-order valence-electron chi connectivity index (χ2n) is 4.58. The van der Waals surface area contributed by atoms with Gasteiger partial charge in [-0.05, 0) is 35.7 Å². The molecule has 1 nitrogen and oxygen atoms in total. The molecule has 0 N–H and O–H groups in total. The molecule has 2 aromatic carbocycles. The van der Waals surface area contributed by atoms with Crippen molar-refractivity contribution in [1.29, 1.82) is 0 Å². The highest BCUT2D eigenvalue weighted by Crippen LogP contribution is 2.20. The summed E-state index contributed by atoms with van der Waals surface area (Å²) in [5.41, 5.74) is 3.01. The minimum absolute atomic E-state index is 0.164. The molecule has 0 atom stereocenters. The molecule has 0 aromatic heterocycles. The molecule has 0 saturated heterocycles. The second kappa shape index (κ2) is 6.36. The SMILES string of the molecule is Cc1ccc(CC(=O)Cc2ccccc2Br)c(Cl)c1. The normalized spacial score (nSPS) is 10.5. The fourth-order valence-electron chi connectivity index (χ4n) is 1.92. The number of Topliss-reactive ketones (excluding diaryl/α,β-unsaturated/α-hetero) is 1. The number of benzene rings is 2. The van der Waals surface area contributed by atoms with Crippen molar-refractivity contribution in [3.8, 4) is 0 Å². The van der Waals surface area contributed by atoms with E-state index in [0.29, 0.717) is 17.9 Å². The largest absolute Gasteiger partial charge is 0.299 e. The predicted octanol–water partition coefficient (Wildman–Crippen LogP) is 4.77. The molecule has 0 heterocycles. The zero-order valence-electron chi connectivity index (χ0n) is 10.6. The van der Waals surface area contributed by atoms with Crippen molar-refractivity contribution in [3.05, 3.63) is 68.7 Å². The van der Waals surface area contributed by atoms with Gasteiger partial charge in [0.15, 0.2) is 0 Å². The Morgan fingerprint density at radius 3 is 2.47 bits per heavy atom. The van der Waals surface area contributed by atoms with Gasteiger partial charge >= 0.3 is 0 Å². The Hall–Kier alpha value is -1.12. The third-order valence-corrected chi connectivity index (χ3v) is 4.07. The van der Waals surface area contributed by atoms with Crippen LogP contribution in [0.25, 0.3) is 0 Å². The molecular formula is C16H14BrClO. The average molecular weight is 338 g/mol. The number of ketones is 1. The lowest BCUT2D eigenvalue weighted by Gasteiger charge is -2.06. The van der Waals surface area contributed by atoms with Crippen LogP contribution in [0, 0.1) is 6.92 Å². The fourth-order valence-corrected chi connectivity index (χ4v) is 2.65. The highest BCUT2D eigenvalue weighted by molar-refractivity contribution is 9.10. The summed E-state index contributed by atoms with van der Waals surface area (Å²) < 4.78 is 0.971. The lowest BCUT2D eigenvalue weighted by Crippen LogP contribution is -2.07. The Labute approximate surface area is 126 Å². The third kappa shape index (κ3) is 3.92. The maximum Gasteiger partial charge on any atom is 0.141 e. The van der Waals surface area contributed by atoms with Gasteiger partial charge in [-0.2, -0.15) is 0 Å². The highest BCUT2D eigenvalue weighted by atomic mass is 79.9. The molecule has 0 radical (unpaired) electrons. The minimum Gasteiger partial charge on any atom is -0.299 e. The Balaban J connectivity index is 2.08. The molecule has 3 heteroatoms. The summed E-state index contributed by atoms with van der Waals surface area (Å²) in [6.07, 6.45) is 0.798. The number of hydrogen-bond donors (Lipinski definition) is 0. The van der Waals surface area contributed by atoms with Gasteiger partial charge in [0.1, 0.15) is 5.78 Å². The number of hydrogen-bond acceptors (Lipinski definition) is 1. The van der Waals surface area contributed by atoms with E-state index in [1.54, 1.807) is 0 Å². The van der Waals surface area contributed by atoms with E-state index in [-0.39, 0.29) is 5.78 Å². The molecule has 0 unspecified atom stereocenters. The van der Waals surface area contributed by atoms with Crippen molar-refractivity contribution in [1.82, 2.24) is 0 Å². The Bertz CT molecular complexity index is 607. The Kier molecular flexibility index (Phi) is 4.78.